The topological polar surface area (TPSA) is 90.5 Å². The first-order chi connectivity index (χ1) is 13.8. The molecule has 0 aliphatic rings. The van der Waals surface area contributed by atoms with Crippen molar-refractivity contribution in [2.24, 2.45) is 5.92 Å². The monoisotopic (exact) mass is 399 g/mol. The molecule has 3 rings (SSSR count). The smallest absolute Gasteiger partial charge is 0.245 e. The van der Waals surface area contributed by atoms with Gasteiger partial charge in [-0.2, -0.15) is 5.10 Å². The van der Waals surface area contributed by atoms with E-state index in [0.29, 0.717) is 30.9 Å². The Hall–Kier alpha value is -3.10. The first-order valence-corrected chi connectivity index (χ1v) is 9.61. The minimum absolute atomic E-state index is 0.182. The van der Waals surface area contributed by atoms with E-state index in [4.69, 9.17) is 0 Å². The van der Waals surface area contributed by atoms with Crippen molar-refractivity contribution in [1.29, 1.82) is 0 Å². The van der Waals surface area contributed by atoms with Crippen LogP contribution >= 0.6 is 0 Å². The third kappa shape index (κ3) is 5.24. The number of halogens is 1. The average molecular weight is 399 g/mol. The Labute approximate surface area is 169 Å². The molecule has 29 heavy (non-hydrogen) atoms. The van der Waals surface area contributed by atoms with E-state index in [0.717, 1.165) is 11.4 Å². The van der Waals surface area contributed by atoms with Gasteiger partial charge in [0, 0.05) is 25.2 Å². The van der Waals surface area contributed by atoms with Crippen LogP contribution in [0.1, 0.15) is 35.7 Å². The van der Waals surface area contributed by atoms with Gasteiger partial charge in [0.2, 0.25) is 5.91 Å². The van der Waals surface area contributed by atoms with Crippen molar-refractivity contribution in [3.05, 3.63) is 58.9 Å². The van der Waals surface area contributed by atoms with Crippen LogP contribution in [0.25, 0.3) is 0 Å². The molecule has 0 radical (unpaired) electrons. The zero-order valence-electron chi connectivity index (χ0n) is 17.1. The highest BCUT2D eigenvalue weighted by Gasteiger charge is 2.24. The second kappa shape index (κ2) is 8.93. The summed E-state index contributed by atoms with van der Waals surface area (Å²) in [6.07, 6.45) is 0.293. The number of carbonyl (C=O) groups excluding carboxylic acids is 1. The quantitative estimate of drug-likeness (QED) is 0.627. The molecule has 2 aromatic heterocycles. The Balaban J connectivity index is 1.68. The number of amides is 1. The van der Waals surface area contributed by atoms with Crippen LogP contribution in [0.15, 0.2) is 30.3 Å². The molecule has 0 aliphatic heterocycles. The van der Waals surface area contributed by atoms with Crippen LogP contribution in [0, 0.1) is 32.5 Å². The number of aromatic nitrogens is 6. The summed E-state index contributed by atoms with van der Waals surface area (Å²) in [6, 6.07) is 7.58. The molecule has 0 unspecified atom stereocenters. The van der Waals surface area contributed by atoms with Crippen LogP contribution in [-0.2, 0) is 17.8 Å². The maximum atomic E-state index is 13.6. The number of hydrogen-bond donors (Lipinski definition) is 1. The van der Waals surface area contributed by atoms with Crippen LogP contribution in [0.3, 0.4) is 0 Å². The third-order valence-electron chi connectivity index (χ3n) is 4.79. The van der Waals surface area contributed by atoms with Gasteiger partial charge < -0.3 is 5.32 Å². The zero-order chi connectivity index (χ0) is 21.0. The first kappa shape index (κ1) is 20.6. The van der Waals surface area contributed by atoms with E-state index in [9.17, 15) is 9.18 Å². The predicted octanol–water partition coefficient (Wildman–Crippen LogP) is 2.17. The minimum atomic E-state index is -0.660. The highest BCUT2D eigenvalue weighted by Crippen LogP contribution is 2.16. The standard InChI is InChI=1S/C20H26FN7O/c1-13(12-27-15(3)8-14(2)24-27)11-22-20(29)19(28-16(4)23-25-26-28)10-17-6-5-7-18(21)9-17/h5-9,13,19H,10-12H2,1-4H3,(H,22,29)/t13-,19+/m1/s1. The van der Waals surface area contributed by atoms with Crippen molar-refractivity contribution in [2.45, 2.75) is 46.7 Å². The van der Waals surface area contributed by atoms with E-state index >= 15 is 0 Å². The normalized spacial score (nSPS) is 13.3. The zero-order valence-corrected chi connectivity index (χ0v) is 17.1. The number of nitrogens with zero attached hydrogens (tertiary/aromatic N) is 6. The van der Waals surface area contributed by atoms with E-state index in [-0.39, 0.29) is 17.6 Å². The maximum absolute atomic E-state index is 13.6. The second-order valence-corrected chi connectivity index (χ2v) is 7.48. The molecule has 0 bridgehead atoms. The van der Waals surface area contributed by atoms with E-state index < -0.39 is 6.04 Å². The van der Waals surface area contributed by atoms with Crippen LogP contribution in [0.4, 0.5) is 4.39 Å². The van der Waals surface area contributed by atoms with E-state index in [1.165, 1.54) is 16.8 Å². The van der Waals surface area contributed by atoms with Crippen molar-refractivity contribution in [1.82, 2.24) is 35.3 Å². The lowest BCUT2D eigenvalue weighted by atomic mass is 10.0. The fraction of sp³-hybridized carbons (Fsp3) is 0.450. The molecule has 3 aromatic rings. The lowest BCUT2D eigenvalue weighted by Gasteiger charge is -2.20. The number of carbonyl (C=O) groups is 1. The predicted molar refractivity (Wildman–Crippen MR) is 106 cm³/mol. The number of nitrogens with one attached hydrogen (secondary N) is 1. The van der Waals surface area contributed by atoms with Gasteiger partial charge in [-0.3, -0.25) is 9.48 Å². The van der Waals surface area contributed by atoms with Gasteiger partial charge in [0.25, 0.3) is 0 Å². The van der Waals surface area contributed by atoms with Gasteiger partial charge in [-0.05, 0) is 60.9 Å². The first-order valence-electron chi connectivity index (χ1n) is 9.61. The van der Waals surface area contributed by atoms with Crippen molar-refractivity contribution in [3.63, 3.8) is 0 Å². The molecule has 1 aromatic carbocycles. The molecule has 0 aliphatic carbocycles. The summed E-state index contributed by atoms with van der Waals surface area (Å²) in [5.41, 5.74) is 2.77. The van der Waals surface area contributed by atoms with Gasteiger partial charge in [-0.15, -0.1) is 5.10 Å². The third-order valence-corrected chi connectivity index (χ3v) is 4.79. The van der Waals surface area contributed by atoms with Gasteiger partial charge >= 0.3 is 0 Å². The largest absolute Gasteiger partial charge is 0.354 e. The van der Waals surface area contributed by atoms with Crippen LogP contribution < -0.4 is 5.32 Å². The summed E-state index contributed by atoms with van der Waals surface area (Å²) >= 11 is 0. The molecular weight excluding hydrogens is 373 g/mol. The van der Waals surface area contributed by atoms with Crippen LogP contribution in [-0.4, -0.2) is 42.4 Å². The Bertz CT molecular complexity index is 981. The molecule has 2 heterocycles. The van der Waals surface area contributed by atoms with Crippen molar-refractivity contribution in [3.8, 4) is 0 Å². The Morgan fingerprint density at radius 1 is 1.24 bits per heavy atom. The summed E-state index contributed by atoms with van der Waals surface area (Å²) < 4.78 is 17.0. The number of benzene rings is 1. The molecule has 0 saturated carbocycles. The lowest BCUT2D eigenvalue weighted by molar-refractivity contribution is -0.124. The SMILES string of the molecule is Cc1cc(C)n(C[C@H](C)CNC(=O)[C@H](Cc2cccc(F)c2)n2nnnc2C)n1. The lowest BCUT2D eigenvalue weighted by Crippen LogP contribution is -2.38. The highest BCUT2D eigenvalue weighted by atomic mass is 19.1. The fourth-order valence-corrected chi connectivity index (χ4v) is 3.32. The molecule has 8 nitrogen and oxygen atoms in total. The second-order valence-electron chi connectivity index (χ2n) is 7.48. The number of hydrogen-bond acceptors (Lipinski definition) is 5. The summed E-state index contributed by atoms with van der Waals surface area (Å²) in [5.74, 6) is 0.164. The molecule has 0 spiro atoms. The van der Waals surface area contributed by atoms with Gasteiger partial charge in [0.1, 0.15) is 17.7 Å². The summed E-state index contributed by atoms with van der Waals surface area (Å²) in [7, 11) is 0. The molecule has 1 amide bonds. The summed E-state index contributed by atoms with van der Waals surface area (Å²) in [5, 5.41) is 18.9. The van der Waals surface area contributed by atoms with Crippen LogP contribution in [0.5, 0.6) is 0 Å². The van der Waals surface area contributed by atoms with Crippen molar-refractivity contribution >= 4 is 5.91 Å². The van der Waals surface area contributed by atoms with E-state index in [1.54, 1.807) is 19.1 Å². The van der Waals surface area contributed by atoms with Crippen molar-refractivity contribution < 1.29 is 9.18 Å². The van der Waals surface area contributed by atoms with E-state index in [1.807, 2.05) is 24.6 Å². The molecule has 0 saturated heterocycles. The summed E-state index contributed by atoms with van der Waals surface area (Å²) in [4.78, 5) is 13.0. The van der Waals surface area contributed by atoms with Crippen molar-refractivity contribution in [2.75, 3.05) is 6.54 Å². The Morgan fingerprint density at radius 2 is 2.03 bits per heavy atom. The van der Waals surface area contributed by atoms with Crippen LogP contribution in [0.2, 0.25) is 0 Å². The van der Waals surface area contributed by atoms with Gasteiger partial charge in [0.05, 0.1) is 5.69 Å². The Morgan fingerprint density at radius 3 is 2.66 bits per heavy atom. The van der Waals surface area contributed by atoms with Gasteiger partial charge in [-0.25, -0.2) is 9.07 Å². The average Bonchev–Trinajstić information content (AvgIpc) is 3.22. The molecule has 0 fully saturated rings. The molecule has 1 N–H and O–H groups in total. The number of aryl methyl sites for hydroxylation is 3. The highest BCUT2D eigenvalue weighted by molar-refractivity contribution is 5.80. The summed E-state index contributed by atoms with van der Waals surface area (Å²) in [6.45, 7) is 8.95. The number of tetrazole rings is 1. The van der Waals surface area contributed by atoms with E-state index in [2.05, 4.69) is 32.9 Å². The molecule has 154 valence electrons. The molecule has 2 atom stereocenters. The molecule has 9 heteroatoms. The minimum Gasteiger partial charge on any atom is -0.354 e. The van der Waals surface area contributed by atoms with Gasteiger partial charge in [-0.1, -0.05) is 19.1 Å². The fourth-order valence-electron chi connectivity index (χ4n) is 3.32. The van der Waals surface area contributed by atoms with Gasteiger partial charge in [0.15, 0.2) is 0 Å². The number of rotatable bonds is 8. The molecular formula is C20H26FN7O. The maximum Gasteiger partial charge on any atom is 0.245 e. The Kier molecular flexibility index (Phi) is 6.36.